The number of likely N-dealkylation sites (tertiary alicyclic amines) is 1. The van der Waals surface area contributed by atoms with E-state index in [4.69, 9.17) is 0 Å². The Labute approximate surface area is 102 Å². The molecule has 1 aliphatic heterocycles. The lowest BCUT2D eigenvalue weighted by Gasteiger charge is -2.29. The van der Waals surface area contributed by atoms with E-state index in [2.05, 4.69) is 15.0 Å². The molecule has 1 atom stereocenters. The second-order valence-corrected chi connectivity index (χ2v) is 4.46. The number of alkyl carbamates (subject to hydrolysis) is 1. The van der Waals surface area contributed by atoms with Crippen molar-refractivity contribution in [1.82, 2.24) is 10.2 Å². The molecule has 98 valence electrons. The van der Waals surface area contributed by atoms with Crippen LogP contribution in [0.1, 0.15) is 39.0 Å². The van der Waals surface area contributed by atoms with Crippen molar-refractivity contribution in [3.8, 4) is 0 Å². The number of imide groups is 1. The largest absolute Gasteiger partial charge is 0.453 e. The van der Waals surface area contributed by atoms with Crippen molar-refractivity contribution in [1.29, 1.82) is 0 Å². The van der Waals surface area contributed by atoms with E-state index in [0.29, 0.717) is 0 Å². The summed E-state index contributed by atoms with van der Waals surface area (Å²) < 4.78 is 4.41. The van der Waals surface area contributed by atoms with E-state index in [1.807, 2.05) is 6.92 Å². The zero-order valence-corrected chi connectivity index (χ0v) is 10.7. The molecule has 17 heavy (non-hydrogen) atoms. The molecule has 1 fully saturated rings. The van der Waals surface area contributed by atoms with Gasteiger partial charge >= 0.3 is 6.09 Å². The molecule has 1 rings (SSSR count). The minimum Gasteiger partial charge on any atom is -0.453 e. The van der Waals surface area contributed by atoms with Gasteiger partial charge in [-0.15, -0.1) is 0 Å². The standard InChI is InChI=1S/C12H22N2O3/c1-10(11(15)13-12(16)17-2)14-8-6-4-3-5-7-9-14/h10H,3-9H2,1-2H3,(H,13,15,16)/t10-/m0/s1. The molecule has 5 heteroatoms. The van der Waals surface area contributed by atoms with Gasteiger partial charge in [-0.05, 0) is 32.9 Å². The number of carbonyl (C=O) groups excluding carboxylic acids is 2. The van der Waals surface area contributed by atoms with Gasteiger partial charge in [0.1, 0.15) is 0 Å². The van der Waals surface area contributed by atoms with Gasteiger partial charge in [-0.3, -0.25) is 15.0 Å². The van der Waals surface area contributed by atoms with Crippen molar-refractivity contribution in [3.05, 3.63) is 0 Å². The van der Waals surface area contributed by atoms with E-state index < -0.39 is 6.09 Å². The number of carbonyl (C=O) groups is 2. The predicted octanol–water partition coefficient (Wildman–Crippen LogP) is 1.52. The zero-order valence-electron chi connectivity index (χ0n) is 10.7. The molecule has 0 spiro atoms. The maximum Gasteiger partial charge on any atom is 0.413 e. The van der Waals surface area contributed by atoms with E-state index in [0.717, 1.165) is 25.9 Å². The normalized spacial score (nSPS) is 19.9. The van der Waals surface area contributed by atoms with E-state index in [1.54, 1.807) is 0 Å². The van der Waals surface area contributed by atoms with Gasteiger partial charge in [-0.2, -0.15) is 0 Å². The van der Waals surface area contributed by atoms with Crippen molar-refractivity contribution >= 4 is 12.0 Å². The van der Waals surface area contributed by atoms with Gasteiger partial charge in [-0.25, -0.2) is 4.79 Å². The molecule has 0 bridgehead atoms. The third-order valence-electron chi connectivity index (χ3n) is 3.23. The molecular formula is C12H22N2O3. The van der Waals surface area contributed by atoms with Crippen LogP contribution < -0.4 is 5.32 Å². The SMILES string of the molecule is COC(=O)NC(=O)[C@H](C)N1CCCCCCC1. The Bertz CT molecular complexity index is 260. The molecule has 5 nitrogen and oxygen atoms in total. The van der Waals surface area contributed by atoms with Gasteiger partial charge < -0.3 is 4.74 Å². The summed E-state index contributed by atoms with van der Waals surface area (Å²) in [6.45, 7) is 3.69. The van der Waals surface area contributed by atoms with Gasteiger partial charge in [0.2, 0.25) is 5.91 Å². The number of nitrogens with one attached hydrogen (secondary N) is 1. The maximum atomic E-state index is 11.8. The van der Waals surface area contributed by atoms with E-state index in [-0.39, 0.29) is 11.9 Å². The highest BCUT2D eigenvalue weighted by Gasteiger charge is 2.23. The van der Waals surface area contributed by atoms with Crippen LogP contribution in [-0.4, -0.2) is 43.1 Å². The van der Waals surface area contributed by atoms with E-state index in [1.165, 1.54) is 26.4 Å². The topological polar surface area (TPSA) is 58.6 Å². The lowest BCUT2D eigenvalue weighted by Crippen LogP contribution is -2.47. The van der Waals surface area contributed by atoms with Crippen LogP contribution in [0.15, 0.2) is 0 Å². The highest BCUT2D eigenvalue weighted by molar-refractivity contribution is 5.94. The molecule has 0 aromatic rings. The first-order valence-electron chi connectivity index (χ1n) is 6.28. The highest BCUT2D eigenvalue weighted by Crippen LogP contribution is 2.12. The van der Waals surface area contributed by atoms with Crippen LogP contribution in [0.3, 0.4) is 0 Å². The monoisotopic (exact) mass is 242 g/mol. The van der Waals surface area contributed by atoms with E-state index >= 15 is 0 Å². The Balaban J connectivity index is 2.45. The molecule has 1 aliphatic rings. The van der Waals surface area contributed by atoms with Crippen molar-refractivity contribution in [2.75, 3.05) is 20.2 Å². The zero-order chi connectivity index (χ0) is 12.7. The molecule has 1 heterocycles. The van der Waals surface area contributed by atoms with Gasteiger partial charge in [0.25, 0.3) is 0 Å². The average molecular weight is 242 g/mol. The third kappa shape index (κ3) is 4.73. The number of hydrogen-bond acceptors (Lipinski definition) is 4. The number of hydrogen-bond donors (Lipinski definition) is 1. The lowest BCUT2D eigenvalue weighted by molar-refractivity contribution is -0.125. The molecule has 0 saturated carbocycles. The van der Waals surface area contributed by atoms with Gasteiger partial charge in [0.05, 0.1) is 13.2 Å². The fourth-order valence-electron chi connectivity index (χ4n) is 2.08. The average Bonchev–Trinajstić information content (AvgIpc) is 2.27. The summed E-state index contributed by atoms with van der Waals surface area (Å²) in [5, 5.41) is 2.22. The van der Waals surface area contributed by atoms with Crippen LogP contribution in [-0.2, 0) is 9.53 Å². The molecule has 0 aromatic carbocycles. The summed E-state index contributed by atoms with van der Waals surface area (Å²) in [6, 6.07) is -0.271. The Morgan fingerprint density at radius 2 is 1.65 bits per heavy atom. The number of nitrogens with zero attached hydrogens (tertiary/aromatic N) is 1. The Morgan fingerprint density at radius 1 is 1.12 bits per heavy atom. The summed E-state index contributed by atoms with van der Waals surface area (Å²) in [6.07, 6.45) is 5.29. The second kappa shape index (κ2) is 7.27. The minimum absolute atomic E-state index is 0.271. The summed E-state index contributed by atoms with van der Waals surface area (Å²) in [4.78, 5) is 24.9. The van der Waals surface area contributed by atoms with Crippen LogP contribution in [0.25, 0.3) is 0 Å². The molecule has 0 unspecified atom stereocenters. The quantitative estimate of drug-likeness (QED) is 0.797. The fourth-order valence-corrected chi connectivity index (χ4v) is 2.08. The molecule has 0 radical (unpaired) electrons. The smallest absolute Gasteiger partial charge is 0.413 e. The van der Waals surface area contributed by atoms with Crippen molar-refractivity contribution in [2.45, 2.75) is 45.1 Å². The summed E-state index contributed by atoms with van der Waals surface area (Å²) in [7, 11) is 1.25. The number of ether oxygens (including phenoxy) is 1. The number of amides is 2. The van der Waals surface area contributed by atoms with Crippen molar-refractivity contribution in [3.63, 3.8) is 0 Å². The van der Waals surface area contributed by atoms with Gasteiger partial charge in [0, 0.05) is 0 Å². The summed E-state index contributed by atoms with van der Waals surface area (Å²) in [5.74, 6) is -0.280. The van der Waals surface area contributed by atoms with Crippen LogP contribution in [0.5, 0.6) is 0 Å². The second-order valence-electron chi connectivity index (χ2n) is 4.46. The molecule has 2 amide bonds. The molecule has 0 aromatic heterocycles. The van der Waals surface area contributed by atoms with E-state index in [9.17, 15) is 9.59 Å². The number of methoxy groups -OCH3 is 1. The van der Waals surface area contributed by atoms with Crippen molar-refractivity contribution < 1.29 is 14.3 Å². The summed E-state index contributed by atoms with van der Waals surface area (Å²) in [5.41, 5.74) is 0. The molecule has 1 saturated heterocycles. The number of rotatable bonds is 2. The molecule has 1 N–H and O–H groups in total. The predicted molar refractivity (Wildman–Crippen MR) is 64.7 cm³/mol. The first-order valence-corrected chi connectivity index (χ1v) is 6.28. The fraction of sp³-hybridized carbons (Fsp3) is 0.833. The van der Waals surface area contributed by atoms with Crippen molar-refractivity contribution in [2.24, 2.45) is 0 Å². The lowest BCUT2D eigenvalue weighted by atomic mass is 10.1. The maximum absolute atomic E-state index is 11.8. The third-order valence-corrected chi connectivity index (χ3v) is 3.23. The first-order chi connectivity index (χ1) is 8.15. The van der Waals surface area contributed by atoms with Crippen LogP contribution in [0, 0.1) is 0 Å². The summed E-state index contributed by atoms with van der Waals surface area (Å²) >= 11 is 0. The van der Waals surface area contributed by atoms with Crippen LogP contribution in [0.2, 0.25) is 0 Å². The molecule has 0 aliphatic carbocycles. The Kier molecular flexibility index (Phi) is 5.97. The van der Waals surface area contributed by atoms with Gasteiger partial charge in [0.15, 0.2) is 0 Å². The minimum atomic E-state index is -0.686. The highest BCUT2D eigenvalue weighted by atomic mass is 16.5. The van der Waals surface area contributed by atoms with Crippen LogP contribution in [0.4, 0.5) is 4.79 Å². The first kappa shape index (κ1) is 14.0. The van der Waals surface area contributed by atoms with Crippen LogP contribution >= 0.6 is 0 Å². The Morgan fingerprint density at radius 3 is 2.18 bits per heavy atom. The van der Waals surface area contributed by atoms with Gasteiger partial charge in [-0.1, -0.05) is 19.3 Å². The molecular weight excluding hydrogens is 220 g/mol. The Hall–Kier alpha value is -1.10.